The fraction of sp³-hybridized carbons (Fsp3) is 0.359. The van der Waals surface area contributed by atoms with Crippen molar-refractivity contribution in [2.75, 3.05) is 39.1 Å². The molecule has 1 aliphatic carbocycles. The van der Waals surface area contributed by atoms with E-state index in [1.165, 1.54) is 0 Å². The lowest BCUT2D eigenvalue weighted by atomic mass is 9.79. The third-order valence-electron chi connectivity index (χ3n) is 16.7. The number of ether oxygens (including phenoxy) is 6. The molecule has 9 rings (SSSR count). The predicted molar refractivity (Wildman–Crippen MR) is 367 cm³/mol. The number of esters is 2. The maximum atomic E-state index is 16.2. The van der Waals surface area contributed by atoms with Crippen molar-refractivity contribution in [1.82, 2.24) is 0 Å². The van der Waals surface area contributed by atoms with Crippen LogP contribution in [0.1, 0.15) is 164 Å². The van der Waals surface area contributed by atoms with Crippen LogP contribution in [0.3, 0.4) is 0 Å². The monoisotopic (exact) mass is 1250 g/mol. The van der Waals surface area contributed by atoms with Crippen molar-refractivity contribution in [3.05, 3.63) is 237 Å². The molecule has 8 bridgehead atoms. The molecule has 472 valence electrons. The molecule has 0 fully saturated rings. The van der Waals surface area contributed by atoms with Crippen LogP contribution in [0, 0.1) is 0 Å². The van der Waals surface area contributed by atoms with Crippen molar-refractivity contribution < 1.29 is 47.1 Å². The summed E-state index contributed by atoms with van der Waals surface area (Å²) in [5.41, 5.74) is 9.05. The van der Waals surface area contributed by atoms with Crippen LogP contribution in [0.5, 0.6) is 23.0 Å². The SMILES string of the molecule is CCOC(=O)COc1c2cc(C(C)(C)C)cc1Cc1cc(C(C)(C)C)cc(c1OCP(=O)(c1ccccc1)c1ccccc1)Cc1cc(C(C)(C)C)cc(c1OCP(=O)(c1ccccc1)c1ccccc1)Cc1cc(C(C)(C)C)cc(c1OCC(=O)OCC)C2. The van der Waals surface area contributed by atoms with Crippen LogP contribution in [0.4, 0.5) is 0 Å². The van der Waals surface area contributed by atoms with Gasteiger partial charge in [0.25, 0.3) is 0 Å². The van der Waals surface area contributed by atoms with Gasteiger partial charge in [-0.2, -0.15) is 0 Å². The first-order valence-corrected chi connectivity index (χ1v) is 35.3. The summed E-state index contributed by atoms with van der Waals surface area (Å²) in [6, 6.07) is 55.9. The van der Waals surface area contributed by atoms with Crippen molar-refractivity contribution >= 4 is 47.4 Å². The van der Waals surface area contributed by atoms with E-state index in [0.717, 1.165) is 66.8 Å². The molecule has 8 aromatic carbocycles. The summed E-state index contributed by atoms with van der Waals surface area (Å²) in [6.45, 7) is 29.5. The highest BCUT2D eigenvalue weighted by molar-refractivity contribution is 7.79. The number of hydrogen-bond acceptors (Lipinski definition) is 10. The van der Waals surface area contributed by atoms with E-state index >= 15 is 9.13 Å². The van der Waals surface area contributed by atoms with E-state index in [1.807, 2.05) is 121 Å². The smallest absolute Gasteiger partial charge is 0.344 e. The maximum Gasteiger partial charge on any atom is 0.344 e. The Morgan fingerprint density at radius 2 is 0.533 bits per heavy atom. The Labute approximate surface area is 534 Å². The predicted octanol–water partition coefficient (Wildman–Crippen LogP) is 16.1. The summed E-state index contributed by atoms with van der Waals surface area (Å²) < 4.78 is 72.2. The Bertz CT molecular complexity index is 3600. The van der Waals surface area contributed by atoms with Gasteiger partial charge in [-0.15, -0.1) is 0 Å². The molecule has 10 nitrogen and oxygen atoms in total. The van der Waals surface area contributed by atoms with Crippen LogP contribution in [0.25, 0.3) is 0 Å². The molecule has 0 saturated carbocycles. The molecular weight excluding hydrogens is 1160 g/mol. The van der Waals surface area contributed by atoms with Crippen LogP contribution in [0.2, 0.25) is 0 Å². The van der Waals surface area contributed by atoms with E-state index in [2.05, 4.69) is 132 Å². The van der Waals surface area contributed by atoms with Gasteiger partial charge in [0.15, 0.2) is 27.5 Å². The molecule has 0 saturated heterocycles. The zero-order chi connectivity index (χ0) is 64.8. The summed E-state index contributed by atoms with van der Waals surface area (Å²) in [5, 5.41) is 2.67. The van der Waals surface area contributed by atoms with Crippen LogP contribution < -0.4 is 40.2 Å². The number of carbonyl (C=O) groups excluding carboxylic acids is 2. The van der Waals surface area contributed by atoms with Gasteiger partial charge in [-0.05, 0) is 102 Å². The summed E-state index contributed by atoms with van der Waals surface area (Å²) >= 11 is 0. The van der Waals surface area contributed by atoms with Gasteiger partial charge in [0.2, 0.25) is 0 Å². The van der Waals surface area contributed by atoms with Gasteiger partial charge in [-0.3, -0.25) is 0 Å². The lowest BCUT2D eigenvalue weighted by Gasteiger charge is -2.30. The first-order chi connectivity index (χ1) is 42.6. The second kappa shape index (κ2) is 27.4. The van der Waals surface area contributed by atoms with Crippen LogP contribution >= 0.6 is 14.3 Å². The molecule has 0 N–H and O–H groups in total. The Kier molecular flexibility index (Phi) is 20.4. The molecule has 0 aromatic heterocycles. The zero-order valence-electron chi connectivity index (χ0n) is 55.2. The van der Waals surface area contributed by atoms with Gasteiger partial charge in [-0.1, -0.05) is 253 Å². The molecule has 1 aliphatic rings. The average molecular weight is 1250 g/mol. The number of carbonyl (C=O) groups is 2. The first kappa shape index (κ1) is 66.8. The van der Waals surface area contributed by atoms with E-state index in [4.69, 9.17) is 28.4 Å². The summed E-state index contributed by atoms with van der Waals surface area (Å²) in [5.74, 6) is 1.11. The minimum atomic E-state index is -3.52. The van der Waals surface area contributed by atoms with Crippen LogP contribution in [-0.2, 0) is 75.5 Å². The van der Waals surface area contributed by atoms with E-state index in [0.29, 0.717) is 44.2 Å². The van der Waals surface area contributed by atoms with Gasteiger partial charge >= 0.3 is 11.9 Å². The topological polar surface area (TPSA) is 124 Å². The van der Waals surface area contributed by atoms with E-state index < -0.39 is 37.1 Å². The van der Waals surface area contributed by atoms with Crippen LogP contribution in [0.15, 0.2) is 170 Å². The Hall–Kier alpha value is -7.64. The lowest BCUT2D eigenvalue weighted by Crippen LogP contribution is -2.23. The third-order valence-corrected chi connectivity index (χ3v) is 22.2. The molecule has 0 heterocycles. The average Bonchev–Trinajstić information content (AvgIpc) is 0.786. The van der Waals surface area contributed by atoms with Gasteiger partial charge in [-0.25, -0.2) is 9.59 Å². The normalized spacial score (nSPS) is 13.0. The van der Waals surface area contributed by atoms with Gasteiger partial charge in [0.1, 0.15) is 35.7 Å². The number of fused-ring (bicyclic) bond motifs is 8. The highest BCUT2D eigenvalue weighted by atomic mass is 31.2. The molecule has 0 aliphatic heterocycles. The van der Waals surface area contributed by atoms with E-state index in [9.17, 15) is 9.59 Å². The maximum absolute atomic E-state index is 16.2. The Balaban J connectivity index is 1.42. The largest absolute Gasteiger partial charge is 0.485 e. The molecule has 0 amide bonds. The van der Waals surface area contributed by atoms with Gasteiger partial charge < -0.3 is 37.6 Å². The van der Waals surface area contributed by atoms with Crippen molar-refractivity contribution in [2.24, 2.45) is 0 Å². The first-order valence-electron chi connectivity index (χ1n) is 31.5. The number of benzene rings is 8. The lowest BCUT2D eigenvalue weighted by molar-refractivity contribution is -0.146. The third kappa shape index (κ3) is 15.6. The fourth-order valence-electron chi connectivity index (χ4n) is 11.6. The van der Waals surface area contributed by atoms with E-state index in [1.54, 1.807) is 13.8 Å². The molecule has 0 radical (unpaired) electrons. The summed E-state index contributed by atoms with van der Waals surface area (Å²) in [4.78, 5) is 27.2. The quantitative estimate of drug-likeness (QED) is 0.0606. The fourth-order valence-corrected chi connectivity index (χ4v) is 16.0. The standard InChI is InChI=1S/C78H90O10P2/c1-15-83-69(79)49-85-71-53-37-54-42-62(76(6,7)8)44-56(72(54)86-50-70(80)84-16-2)39-58-46-64(78(12,13)14)48-60(74(58)88-52-90(82,67-33-25-19-26-34-67)68-35-27-20-28-36-68)40-59-47-63(77(9,10)11)45-57(38-55(71)43-61(41-53)75(3,4)5)73(59)87-51-89(81,65-29-21-17-22-30-65)66-31-23-18-24-32-66/h17-36,41-48H,15-16,37-40,49-52H2,1-14H3. The molecule has 0 spiro atoms. The summed E-state index contributed by atoms with van der Waals surface area (Å²) in [6.07, 6.45) is 0.711. The highest BCUT2D eigenvalue weighted by Crippen LogP contribution is 2.50. The van der Waals surface area contributed by atoms with Gasteiger partial charge in [0.05, 0.1) is 13.2 Å². The second-order valence-electron chi connectivity index (χ2n) is 27.8. The van der Waals surface area contributed by atoms with Gasteiger partial charge in [0, 0.05) is 46.9 Å². The molecular formula is C78H90O10P2. The number of rotatable bonds is 18. The minimum absolute atomic E-state index is 0.164. The minimum Gasteiger partial charge on any atom is -0.485 e. The molecule has 8 aromatic rings. The van der Waals surface area contributed by atoms with Crippen molar-refractivity contribution in [1.29, 1.82) is 0 Å². The molecule has 0 atom stereocenters. The van der Waals surface area contributed by atoms with E-state index in [-0.39, 0.29) is 75.6 Å². The highest BCUT2D eigenvalue weighted by Gasteiger charge is 2.35. The molecule has 90 heavy (non-hydrogen) atoms. The zero-order valence-corrected chi connectivity index (χ0v) is 57.0. The molecule has 0 unspecified atom stereocenters. The number of hydrogen-bond donors (Lipinski definition) is 0. The summed E-state index contributed by atoms with van der Waals surface area (Å²) in [7, 11) is -7.04. The Morgan fingerprint density at radius 1 is 0.333 bits per heavy atom. The molecule has 12 heteroatoms. The van der Waals surface area contributed by atoms with Crippen molar-refractivity contribution in [2.45, 2.75) is 144 Å². The van der Waals surface area contributed by atoms with Crippen molar-refractivity contribution in [3.63, 3.8) is 0 Å². The Morgan fingerprint density at radius 3 is 0.722 bits per heavy atom. The second-order valence-corrected chi connectivity index (χ2v) is 33.3. The van der Waals surface area contributed by atoms with Crippen molar-refractivity contribution in [3.8, 4) is 23.0 Å². The van der Waals surface area contributed by atoms with Crippen LogP contribution in [-0.4, -0.2) is 51.1 Å².